The Hall–Kier alpha value is -2.53. The third kappa shape index (κ3) is 2.85. The molecule has 1 aliphatic rings. The van der Waals surface area contributed by atoms with Crippen LogP contribution in [0, 0.1) is 6.92 Å². The average molecular weight is 349 g/mol. The van der Waals surface area contributed by atoms with E-state index in [9.17, 15) is 4.79 Å². The predicted molar refractivity (Wildman–Crippen MR) is 102 cm³/mol. The van der Waals surface area contributed by atoms with E-state index in [-0.39, 0.29) is 16.4 Å². The molecule has 2 atom stereocenters. The molecular formula is C20H19N3OS. The van der Waals surface area contributed by atoms with Crippen molar-refractivity contribution in [3.8, 4) is 5.69 Å². The van der Waals surface area contributed by atoms with E-state index in [1.165, 1.54) is 5.56 Å². The number of anilines is 1. The fourth-order valence-corrected chi connectivity index (χ4v) is 4.48. The third-order valence-electron chi connectivity index (χ3n) is 4.42. The van der Waals surface area contributed by atoms with Gasteiger partial charge in [-0.2, -0.15) is 5.10 Å². The van der Waals surface area contributed by atoms with Crippen molar-refractivity contribution in [3.63, 3.8) is 0 Å². The summed E-state index contributed by atoms with van der Waals surface area (Å²) in [6.07, 6.45) is 0. The van der Waals surface area contributed by atoms with Gasteiger partial charge in [-0.3, -0.25) is 4.79 Å². The number of hydrogen-bond donors (Lipinski definition) is 1. The van der Waals surface area contributed by atoms with E-state index in [0.29, 0.717) is 0 Å². The number of hydrogen-bond acceptors (Lipinski definition) is 3. The molecular weight excluding hydrogens is 330 g/mol. The lowest BCUT2D eigenvalue weighted by atomic mass is 10.0. The zero-order valence-electron chi connectivity index (χ0n) is 14.1. The second kappa shape index (κ2) is 6.41. The Labute approximate surface area is 151 Å². The maximum atomic E-state index is 12.6. The molecule has 0 radical (unpaired) electrons. The monoisotopic (exact) mass is 349 g/mol. The molecule has 0 saturated carbocycles. The van der Waals surface area contributed by atoms with Crippen molar-refractivity contribution >= 4 is 23.5 Å². The van der Waals surface area contributed by atoms with Crippen molar-refractivity contribution in [2.24, 2.45) is 0 Å². The van der Waals surface area contributed by atoms with Gasteiger partial charge in [0, 0.05) is 5.56 Å². The lowest BCUT2D eigenvalue weighted by Crippen LogP contribution is -2.22. The van der Waals surface area contributed by atoms with E-state index in [4.69, 9.17) is 5.10 Å². The van der Waals surface area contributed by atoms with Gasteiger partial charge in [0.05, 0.1) is 21.9 Å². The highest BCUT2D eigenvalue weighted by molar-refractivity contribution is 8.01. The predicted octanol–water partition coefficient (Wildman–Crippen LogP) is 4.34. The van der Waals surface area contributed by atoms with Crippen molar-refractivity contribution in [2.75, 3.05) is 5.32 Å². The van der Waals surface area contributed by atoms with E-state index < -0.39 is 0 Å². The van der Waals surface area contributed by atoms with Gasteiger partial charge in [0.2, 0.25) is 5.91 Å². The number of carbonyl (C=O) groups is 1. The summed E-state index contributed by atoms with van der Waals surface area (Å²) in [6, 6.07) is 20.2. The molecule has 0 bridgehead atoms. The first kappa shape index (κ1) is 16.0. The van der Waals surface area contributed by atoms with E-state index in [2.05, 4.69) is 17.4 Å². The molecule has 1 aromatic heterocycles. The van der Waals surface area contributed by atoms with Crippen LogP contribution in [0.5, 0.6) is 0 Å². The average Bonchev–Trinajstić information content (AvgIpc) is 2.89. The molecule has 4 nitrogen and oxygen atoms in total. The zero-order valence-corrected chi connectivity index (χ0v) is 15.0. The number of benzene rings is 2. The van der Waals surface area contributed by atoms with Gasteiger partial charge in [-0.25, -0.2) is 4.68 Å². The van der Waals surface area contributed by atoms with Gasteiger partial charge in [-0.05, 0) is 31.5 Å². The number of para-hydroxylation sites is 1. The second-order valence-electron chi connectivity index (χ2n) is 6.15. The normalized spacial score (nSPS) is 19.8. The minimum Gasteiger partial charge on any atom is -0.309 e. The number of thioether (sulfide) groups is 1. The largest absolute Gasteiger partial charge is 0.309 e. The zero-order chi connectivity index (χ0) is 17.4. The maximum absolute atomic E-state index is 12.6. The standard InChI is InChI=1S/C20H19N3OS/c1-13-17-18(15-9-5-3-6-10-15)25-14(2)20(24)21-19(17)23(22-13)16-11-7-4-8-12-16/h3-12,14,18H,1-2H3,(H,21,24). The van der Waals surface area contributed by atoms with E-state index in [0.717, 1.165) is 22.8 Å². The first-order chi connectivity index (χ1) is 12.1. The highest BCUT2D eigenvalue weighted by Gasteiger charge is 2.33. The first-order valence-corrected chi connectivity index (χ1v) is 9.25. The Balaban J connectivity index is 1.92. The van der Waals surface area contributed by atoms with Crippen LogP contribution in [0.3, 0.4) is 0 Å². The smallest absolute Gasteiger partial charge is 0.238 e. The third-order valence-corrected chi connectivity index (χ3v) is 5.83. The lowest BCUT2D eigenvalue weighted by Gasteiger charge is -2.17. The van der Waals surface area contributed by atoms with Crippen LogP contribution in [0.25, 0.3) is 5.69 Å². The molecule has 1 amide bonds. The Morgan fingerprint density at radius 3 is 2.36 bits per heavy atom. The van der Waals surface area contributed by atoms with Crippen LogP contribution in [0.4, 0.5) is 5.82 Å². The minimum absolute atomic E-state index is 0.0155. The second-order valence-corrected chi connectivity index (χ2v) is 7.60. The van der Waals surface area contributed by atoms with Crippen LogP contribution in [0.1, 0.15) is 29.0 Å². The van der Waals surface area contributed by atoms with Crippen LogP contribution < -0.4 is 5.32 Å². The highest BCUT2D eigenvalue weighted by Crippen LogP contribution is 2.45. The quantitative estimate of drug-likeness (QED) is 0.748. The molecule has 126 valence electrons. The topological polar surface area (TPSA) is 46.9 Å². The highest BCUT2D eigenvalue weighted by atomic mass is 32.2. The van der Waals surface area contributed by atoms with Crippen LogP contribution in [-0.4, -0.2) is 20.9 Å². The Morgan fingerprint density at radius 2 is 1.68 bits per heavy atom. The van der Waals surface area contributed by atoms with E-state index in [1.54, 1.807) is 11.8 Å². The molecule has 1 N–H and O–H groups in total. The summed E-state index contributed by atoms with van der Waals surface area (Å²) in [6.45, 7) is 3.97. The number of aryl methyl sites for hydroxylation is 1. The molecule has 0 fully saturated rings. The fraction of sp³-hybridized carbons (Fsp3) is 0.200. The van der Waals surface area contributed by atoms with Crippen molar-refractivity contribution in [2.45, 2.75) is 24.3 Å². The summed E-state index contributed by atoms with van der Waals surface area (Å²) >= 11 is 1.67. The molecule has 0 spiro atoms. The van der Waals surface area contributed by atoms with Gasteiger partial charge in [-0.15, -0.1) is 11.8 Å². The van der Waals surface area contributed by atoms with Crippen molar-refractivity contribution < 1.29 is 4.79 Å². The van der Waals surface area contributed by atoms with Crippen LogP contribution in [0.15, 0.2) is 60.7 Å². The number of nitrogens with one attached hydrogen (secondary N) is 1. The number of nitrogens with zero attached hydrogens (tertiary/aromatic N) is 2. The molecule has 3 aromatic rings. The number of carbonyl (C=O) groups excluding carboxylic acids is 1. The summed E-state index contributed by atoms with van der Waals surface area (Å²) in [7, 11) is 0. The first-order valence-electron chi connectivity index (χ1n) is 8.31. The Bertz CT molecular complexity index is 905. The molecule has 0 aliphatic carbocycles. The number of amides is 1. The van der Waals surface area contributed by atoms with E-state index >= 15 is 0 Å². The van der Waals surface area contributed by atoms with Crippen LogP contribution in [-0.2, 0) is 4.79 Å². The van der Waals surface area contributed by atoms with Gasteiger partial charge in [0.25, 0.3) is 0 Å². The van der Waals surface area contributed by atoms with Crippen molar-refractivity contribution in [1.29, 1.82) is 0 Å². The molecule has 5 heteroatoms. The van der Waals surface area contributed by atoms with Gasteiger partial charge in [0.15, 0.2) is 0 Å². The fourth-order valence-electron chi connectivity index (χ4n) is 3.15. The molecule has 1 aliphatic heterocycles. The SMILES string of the molecule is Cc1nn(-c2ccccc2)c2c1C(c1ccccc1)SC(C)C(=O)N2. The summed E-state index contributed by atoms with van der Waals surface area (Å²) in [5.74, 6) is 0.793. The van der Waals surface area contributed by atoms with Crippen LogP contribution in [0.2, 0.25) is 0 Å². The van der Waals surface area contributed by atoms with Gasteiger partial charge in [0.1, 0.15) is 5.82 Å². The number of fused-ring (bicyclic) bond motifs is 1. The maximum Gasteiger partial charge on any atom is 0.238 e. The Kier molecular flexibility index (Phi) is 4.09. The summed E-state index contributed by atoms with van der Waals surface area (Å²) in [5.41, 5.74) is 4.15. The van der Waals surface area contributed by atoms with Crippen molar-refractivity contribution in [1.82, 2.24) is 9.78 Å². The van der Waals surface area contributed by atoms with Gasteiger partial charge in [-0.1, -0.05) is 48.5 Å². The van der Waals surface area contributed by atoms with Gasteiger partial charge >= 0.3 is 0 Å². The molecule has 0 saturated heterocycles. The summed E-state index contributed by atoms with van der Waals surface area (Å²) in [4.78, 5) is 12.6. The Morgan fingerprint density at radius 1 is 1.04 bits per heavy atom. The molecule has 2 unspecified atom stereocenters. The van der Waals surface area contributed by atoms with E-state index in [1.807, 2.05) is 67.1 Å². The number of rotatable bonds is 2. The molecule has 2 aromatic carbocycles. The molecule has 25 heavy (non-hydrogen) atoms. The summed E-state index contributed by atoms with van der Waals surface area (Å²) in [5, 5.41) is 7.76. The molecule has 4 rings (SSSR count). The molecule has 2 heterocycles. The lowest BCUT2D eigenvalue weighted by molar-refractivity contribution is -0.115. The minimum atomic E-state index is -0.138. The van der Waals surface area contributed by atoms with Crippen LogP contribution >= 0.6 is 11.8 Å². The van der Waals surface area contributed by atoms with Crippen molar-refractivity contribution in [3.05, 3.63) is 77.5 Å². The number of aromatic nitrogens is 2. The van der Waals surface area contributed by atoms with Gasteiger partial charge < -0.3 is 5.32 Å². The summed E-state index contributed by atoms with van der Waals surface area (Å²) < 4.78 is 1.84.